The van der Waals surface area contributed by atoms with Crippen molar-refractivity contribution in [3.05, 3.63) is 59.7 Å². The third kappa shape index (κ3) is 8.09. The van der Waals surface area contributed by atoms with Crippen LogP contribution >= 0.6 is 34.9 Å². The Kier molecular flexibility index (Phi) is 9.64. The Labute approximate surface area is 214 Å². The third-order valence-corrected chi connectivity index (χ3v) is 7.52. The third-order valence-electron chi connectivity index (χ3n) is 4.33. The average Bonchev–Trinajstić information content (AvgIpc) is 3.31. The first kappa shape index (κ1) is 26.2. The van der Waals surface area contributed by atoms with Gasteiger partial charge in [-0.2, -0.15) is 10.2 Å². The monoisotopic (exact) mass is 530 g/mol. The van der Waals surface area contributed by atoms with Gasteiger partial charge in [-0.15, -0.1) is 10.2 Å². The van der Waals surface area contributed by atoms with Crippen LogP contribution in [-0.2, 0) is 9.59 Å². The fourth-order valence-corrected chi connectivity index (χ4v) is 5.21. The molecule has 0 unspecified atom stereocenters. The number of benzene rings is 2. The number of carbonyl (C=O) groups is 2. The summed E-state index contributed by atoms with van der Waals surface area (Å²) in [5, 5.41) is 35.7. The van der Waals surface area contributed by atoms with Crippen molar-refractivity contribution in [1.29, 1.82) is 0 Å². The molecule has 2 aromatic carbocycles. The molecule has 0 saturated carbocycles. The second-order valence-electron chi connectivity index (χ2n) is 6.91. The number of para-hydroxylation sites is 2. The van der Waals surface area contributed by atoms with Crippen molar-refractivity contribution in [2.24, 2.45) is 10.2 Å². The quantitative estimate of drug-likeness (QED) is 0.177. The minimum Gasteiger partial charge on any atom is -0.507 e. The van der Waals surface area contributed by atoms with E-state index in [4.69, 9.17) is 0 Å². The highest BCUT2D eigenvalue weighted by molar-refractivity contribution is 8.03. The lowest BCUT2D eigenvalue weighted by molar-refractivity contribution is -0.119. The van der Waals surface area contributed by atoms with Crippen LogP contribution in [0.2, 0.25) is 0 Å². The molecule has 0 aliphatic carbocycles. The van der Waals surface area contributed by atoms with Gasteiger partial charge >= 0.3 is 0 Å². The van der Waals surface area contributed by atoms with Crippen LogP contribution in [0.15, 0.2) is 67.4 Å². The molecule has 1 heterocycles. The van der Waals surface area contributed by atoms with Gasteiger partial charge in [0.2, 0.25) is 0 Å². The topological polar surface area (TPSA) is 149 Å². The van der Waals surface area contributed by atoms with Gasteiger partial charge < -0.3 is 10.2 Å². The largest absolute Gasteiger partial charge is 0.507 e. The van der Waals surface area contributed by atoms with E-state index in [1.54, 1.807) is 62.4 Å². The molecule has 0 atom stereocenters. The number of hydrogen-bond donors (Lipinski definition) is 4. The smallest absolute Gasteiger partial charge is 0.250 e. The molecule has 1 aromatic heterocycles. The number of aromatic nitrogens is 2. The summed E-state index contributed by atoms with van der Waals surface area (Å²) in [4.78, 5) is 24.2. The Balaban J connectivity index is 1.41. The van der Waals surface area contributed by atoms with Crippen molar-refractivity contribution in [3.8, 4) is 11.5 Å². The Morgan fingerprint density at radius 2 is 1.20 bits per heavy atom. The van der Waals surface area contributed by atoms with E-state index in [0.29, 0.717) is 31.2 Å². The first-order chi connectivity index (χ1) is 16.8. The molecule has 2 amide bonds. The van der Waals surface area contributed by atoms with Gasteiger partial charge in [0.25, 0.3) is 11.8 Å². The van der Waals surface area contributed by atoms with E-state index in [1.165, 1.54) is 34.9 Å². The van der Waals surface area contributed by atoms with Gasteiger partial charge in [0.1, 0.15) is 11.5 Å². The molecule has 0 saturated heterocycles. The maximum atomic E-state index is 12.1. The van der Waals surface area contributed by atoms with E-state index < -0.39 is 0 Å². The number of aromatic hydroxyl groups is 2. The molecular weight excluding hydrogens is 508 g/mol. The Bertz CT molecular complexity index is 1170. The SMILES string of the molecule is CC(=NNC(=O)CSc1nnc(SCC(=O)NN=C(C)c2ccccc2O)s1)c1ccccc1O. The van der Waals surface area contributed by atoms with Crippen molar-refractivity contribution in [3.63, 3.8) is 0 Å². The van der Waals surface area contributed by atoms with Gasteiger partial charge in [-0.25, -0.2) is 10.9 Å². The number of nitrogens with one attached hydrogen (secondary N) is 2. The lowest BCUT2D eigenvalue weighted by Crippen LogP contribution is -2.21. The maximum absolute atomic E-state index is 12.1. The molecule has 182 valence electrons. The highest BCUT2D eigenvalue weighted by atomic mass is 32.2. The highest BCUT2D eigenvalue weighted by Gasteiger charge is 2.11. The zero-order valence-corrected chi connectivity index (χ0v) is 21.2. The van der Waals surface area contributed by atoms with Crippen LogP contribution in [0, 0.1) is 0 Å². The number of carbonyl (C=O) groups excluding carboxylic acids is 2. The normalized spacial score (nSPS) is 11.8. The minimum absolute atomic E-state index is 0.0810. The zero-order valence-electron chi connectivity index (χ0n) is 18.8. The molecule has 4 N–H and O–H groups in total. The second-order valence-corrected chi connectivity index (χ2v) is 10.3. The number of amides is 2. The molecule has 0 fully saturated rings. The van der Waals surface area contributed by atoms with Crippen LogP contribution in [0.25, 0.3) is 0 Å². The van der Waals surface area contributed by atoms with Gasteiger partial charge in [0, 0.05) is 11.1 Å². The van der Waals surface area contributed by atoms with Crippen molar-refractivity contribution in [2.45, 2.75) is 22.5 Å². The van der Waals surface area contributed by atoms with E-state index in [2.05, 4.69) is 31.3 Å². The van der Waals surface area contributed by atoms with Crippen LogP contribution in [-0.4, -0.2) is 55.2 Å². The van der Waals surface area contributed by atoms with Crippen molar-refractivity contribution in [1.82, 2.24) is 21.0 Å². The number of phenolic OH excluding ortho intramolecular Hbond substituents is 2. The lowest BCUT2D eigenvalue weighted by Gasteiger charge is -2.04. The summed E-state index contributed by atoms with van der Waals surface area (Å²) in [6.07, 6.45) is 0. The second kappa shape index (κ2) is 12.9. The maximum Gasteiger partial charge on any atom is 0.250 e. The van der Waals surface area contributed by atoms with Gasteiger partial charge in [-0.05, 0) is 38.1 Å². The van der Waals surface area contributed by atoms with Crippen molar-refractivity contribution >= 4 is 58.1 Å². The van der Waals surface area contributed by atoms with Crippen LogP contribution in [0.4, 0.5) is 0 Å². The molecule has 3 aromatic rings. The van der Waals surface area contributed by atoms with E-state index in [-0.39, 0.29) is 34.8 Å². The van der Waals surface area contributed by atoms with Gasteiger partial charge in [0.15, 0.2) is 8.68 Å². The van der Waals surface area contributed by atoms with E-state index >= 15 is 0 Å². The molecule has 10 nitrogen and oxygen atoms in total. The standard InChI is InChI=1S/C22H22N6O4S3/c1-13(15-7-3-5-9-17(15)29)23-25-19(31)11-33-21-27-28-22(35-21)34-12-20(32)26-24-14(2)16-8-4-6-10-18(16)30/h3-10,29-30H,11-12H2,1-2H3,(H,25,31)(H,26,32). The zero-order chi connectivity index (χ0) is 25.2. The Hall–Kier alpha value is -3.42. The number of hydrazone groups is 2. The lowest BCUT2D eigenvalue weighted by atomic mass is 10.1. The molecule has 0 spiro atoms. The average molecular weight is 531 g/mol. The molecule has 0 radical (unpaired) electrons. The molecule has 0 aliphatic rings. The van der Waals surface area contributed by atoms with Crippen LogP contribution < -0.4 is 10.9 Å². The van der Waals surface area contributed by atoms with Crippen LogP contribution in [0.1, 0.15) is 25.0 Å². The summed E-state index contributed by atoms with van der Waals surface area (Å²) in [7, 11) is 0. The van der Waals surface area contributed by atoms with Crippen LogP contribution in [0.3, 0.4) is 0 Å². The molecule has 35 heavy (non-hydrogen) atoms. The Morgan fingerprint density at radius 3 is 1.60 bits per heavy atom. The summed E-state index contributed by atoms with van der Waals surface area (Å²) < 4.78 is 1.16. The van der Waals surface area contributed by atoms with E-state index in [0.717, 1.165) is 0 Å². The van der Waals surface area contributed by atoms with Crippen molar-refractivity contribution in [2.75, 3.05) is 11.5 Å². The molecule has 13 heteroatoms. The number of thioether (sulfide) groups is 2. The molecule has 0 bridgehead atoms. The van der Waals surface area contributed by atoms with Gasteiger partial charge in [-0.3, -0.25) is 9.59 Å². The molecule has 3 rings (SSSR count). The summed E-state index contributed by atoms with van der Waals surface area (Å²) in [6.45, 7) is 3.37. The predicted molar refractivity (Wildman–Crippen MR) is 138 cm³/mol. The number of hydrogen-bond acceptors (Lipinski definition) is 11. The van der Waals surface area contributed by atoms with E-state index in [9.17, 15) is 19.8 Å². The summed E-state index contributed by atoms with van der Waals surface area (Å²) in [6, 6.07) is 13.5. The van der Waals surface area contributed by atoms with E-state index in [1.807, 2.05) is 0 Å². The number of rotatable bonds is 10. The summed E-state index contributed by atoms with van der Waals surface area (Å²) in [5.74, 6) is -0.322. The first-order valence-electron chi connectivity index (χ1n) is 10.2. The number of phenols is 2. The molecular formula is C22H22N6O4S3. The summed E-state index contributed by atoms with van der Waals surface area (Å²) in [5.41, 5.74) is 6.94. The van der Waals surface area contributed by atoms with Gasteiger partial charge in [0.05, 0.1) is 22.9 Å². The Morgan fingerprint density at radius 1 is 0.800 bits per heavy atom. The summed E-state index contributed by atoms with van der Waals surface area (Å²) >= 11 is 3.67. The highest BCUT2D eigenvalue weighted by Crippen LogP contribution is 2.28. The predicted octanol–water partition coefficient (Wildman–Crippen LogP) is 3.21. The molecule has 0 aliphatic heterocycles. The van der Waals surface area contributed by atoms with Gasteiger partial charge in [-0.1, -0.05) is 59.1 Å². The fraction of sp³-hybridized carbons (Fsp3) is 0.182. The first-order valence-corrected chi connectivity index (χ1v) is 12.9. The van der Waals surface area contributed by atoms with Crippen molar-refractivity contribution < 1.29 is 19.8 Å². The number of nitrogens with zero attached hydrogens (tertiary/aromatic N) is 4. The van der Waals surface area contributed by atoms with Crippen LogP contribution in [0.5, 0.6) is 11.5 Å². The minimum atomic E-state index is -0.328. The fourth-order valence-electron chi connectivity index (χ4n) is 2.60.